The van der Waals surface area contributed by atoms with Crippen molar-refractivity contribution in [1.82, 2.24) is 9.88 Å². The SMILES string of the molecule is CCNCc1ccc2ccn(CC3CCCO3)c2c1. The van der Waals surface area contributed by atoms with Crippen molar-refractivity contribution in [3.63, 3.8) is 0 Å². The third-order valence-corrected chi connectivity index (χ3v) is 3.84. The van der Waals surface area contributed by atoms with Crippen LogP contribution in [-0.2, 0) is 17.8 Å². The Morgan fingerprint density at radius 2 is 2.32 bits per heavy atom. The summed E-state index contributed by atoms with van der Waals surface area (Å²) in [6.45, 7) is 5.99. The molecule has 1 unspecified atom stereocenters. The van der Waals surface area contributed by atoms with Gasteiger partial charge >= 0.3 is 0 Å². The summed E-state index contributed by atoms with van der Waals surface area (Å²) < 4.78 is 8.07. The van der Waals surface area contributed by atoms with Gasteiger partial charge in [-0.15, -0.1) is 0 Å². The quantitative estimate of drug-likeness (QED) is 0.892. The van der Waals surface area contributed by atoms with Crippen LogP contribution in [-0.4, -0.2) is 23.8 Å². The molecule has 0 amide bonds. The number of nitrogens with zero attached hydrogens (tertiary/aromatic N) is 1. The van der Waals surface area contributed by atoms with Crippen molar-refractivity contribution in [2.75, 3.05) is 13.2 Å². The molecule has 1 aliphatic heterocycles. The number of hydrogen-bond acceptors (Lipinski definition) is 2. The van der Waals surface area contributed by atoms with E-state index in [1.54, 1.807) is 0 Å². The van der Waals surface area contributed by atoms with Crippen LogP contribution in [0.4, 0.5) is 0 Å². The lowest BCUT2D eigenvalue weighted by Crippen LogP contribution is -2.14. The molecule has 0 saturated carbocycles. The standard InChI is InChI=1S/C16H22N2O/c1-2-17-11-13-5-6-14-7-8-18(16(14)10-13)12-15-4-3-9-19-15/h5-8,10,15,17H,2-4,9,11-12H2,1H3. The summed E-state index contributed by atoms with van der Waals surface area (Å²) in [7, 11) is 0. The predicted octanol–water partition coefficient (Wildman–Crippen LogP) is 2.93. The highest BCUT2D eigenvalue weighted by atomic mass is 16.5. The summed E-state index contributed by atoms with van der Waals surface area (Å²) in [6, 6.07) is 8.92. The van der Waals surface area contributed by atoms with Crippen LogP contribution in [0.3, 0.4) is 0 Å². The van der Waals surface area contributed by atoms with E-state index < -0.39 is 0 Å². The molecule has 3 heteroatoms. The molecule has 1 saturated heterocycles. The smallest absolute Gasteiger partial charge is 0.0754 e. The maximum Gasteiger partial charge on any atom is 0.0754 e. The van der Waals surface area contributed by atoms with Gasteiger partial charge in [0, 0.05) is 31.4 Å². The van der Waals surface area contributed by atoms with Crippen LogP contribution >= 0.6 is 0 Å². The van der Waals surface area contributed by atoms with E-state index in [-0.39, 0.29) is 0 Å². The van der Waals surface area contributed by atoms with Crippen molar-refractivity contribution in [1.29, 1.82) is 0 Å². The van der Waals surface area contributed by atoms with E-state index in [4.69, 9.17) is 4.74 Å². The Hall–Kier alpha value is -1.32. The number of rotatable bonds is 5. The summed E-state index contributed by atoms with van der Waals surface area (Å²) in [4.78, 5) is 0. The third kappa shape index (κ3) is 2.82. The Labute approximate surface area is 114 Å². The third-order valence-electron chi connectivity index (χ3n) is 3.84. The van der Waals surface area contributed by atoms with Crippen LogP contribution in [0.15, 0.2) is 30.5 Å². The van der Waals surface area contributed by atoms with E-state index in [9.17, 15) is 0 Å². The van der Waals surface area contributed by atoms with Crippen LogP contribution in [0.25, 0.3) is 10.9 Å². The van der Waals surface area contributed by atoms with E-state index in [0.29, 0.717) is 6.10 Å². The predicted molar refractivity (Wildman–Crippen MR) is 78.3 cm³/mol. The van der Waals surface area contributed by atoms with Crippen molar-refractivity contribution < 1.29 is 4.74 Å². The minimum absolute atomic E-state index is 0.396. The molecule has 1 atom stereocenters. The van der Waals surface area contributed by atoms with Crippen LogP contribution in [0, 0.1) is 0 Å². The van der Waals surface area contributed by atoms with Gasteiger partial charge in [-0.2, -0.15) is 0 Å². The van der Waals surface area contributed by atoms with Gasteiger partial charge in [-0.3, -0.25) is 0 Å². The molecule has 3 rings (SSSR count). The van der Waals surface area contributed by atoms with Gasteiger partial charge in [-0.25, -0.2) is 0 Å². The largest absolute Gasteiger partial charge is 0.376 e. The van der Waals surface area contributed by atoms with E-state index in [1.807, 2.05) is 0 Å². The number of fused-ring (bicyclic) bond motifs is 1. The molecular formula is C16H22N2O. The maximum atomic E-state index is 5.74. The lowest BCUT2D eigenvalue weighted by atomic mass is 10.1. The fraction of sp³-hybridized carbons (Fsp3) is 0.500. The Morgan fingerprint density at radius 1 is 1.37 bits per heavy atom. The minimum Gasteiger partial charge on any atom is -0.376 e. The Balaban J connectivity index is 1.82. The Morgan fingerprint density at radius 3 is 3.11 bits per heavy atom. The summed E-state index contributed by atoms with van der Waals surface area (Å²) in [5.41, 5.74) is 2.67. The molecule has 0 bridgehead atoms. The van der Waals surface area contributed by atoms with Crippen molar-refractivity contribution >= 4 is 10.9 Å². The zero-order chi connectivity index (χ0) is 13.1. The lowest BCUT2D eigenvalue weighted by Gasteiger charge is -2.12. The molecule has 1 aromatic carbocycles. The molecule has 1 fully saturated rings. The molecule has 19 heavy (non-hydrogen) atoms. The second-order valence-electron chi connectivity index (χ2n) is 5.28. The van der Waals surface area contributed by atoms with Crippen molar-refractivity contribution in [3.05, 3.63) is 36.0 Å². The van der Waals surface area contributed by atoms with Crippen LogP contribution in [0.5, 0.6) is 0 Å². The van der Waals surface area contributed by atoms with Gasteiger partial charge in [-0.05, 0) is 42.5 Å². The monoisotopic (exact) mass is 258 g/mol. The molecule has 0 radical (unpaired) electrons. The number of ether oxygens (including phenoxy) is 1. The molecule has 3 nitrogen and oxygen atoms in total. The summed E-state index contributed by atoms with van der Waals surface area (Å²) >= 11 is 0. The molecule has 1 aromatic heterocycles. The first-order valence-corrected chi connectivity index (χ1v) is 7.27. The zero-order valence-electron chi connectivity index (χ0n) is 11.6. The second kappa shape index (κ2) is 5.76. The summed E-state index contributed by atoms with van der Waals surface area (Å²) in [5.74, 6) is 0. The van der Waals surface area contributed by atoms with E-state index in [2.05, 4.69) is 47.3 Å². The summed E-state index contributed by atoms with van der Waals surface area (Å²) in [6.07, 6.45) is 4.98. The van der Waals surface area contributed by atoms with E-state index in [1.165, 1.54) is 29.3 Å². The highest BCUT2D eigenvalue weighted by Gasteiger charge is 2.16. The highest BCUT2D eigenvalue weighted by Crippen LogP contribution is 2.21. The van der Waals surface area contributed by atoms with Crippen molar-refractivity contribution in [2.45, 2.75) is 39.0 Å². The van der Waals surface area contributed by atoms with Gasteiger partial charge in [0.1, 0.15) is 0 Å². The maximum absolute atomic E-state index is 5.74. The average molecular weight is 258 g/mol. The Kier molecular flexibility index (Phi) is 3.85. The molecular weight excluding hydrogens is 236 g/mol. The van der Waals surface area contributed by atoms with Gasteiger partial charge < -0.3 is 14.6 Å². The first-order valence-electron chi connectivity index (χ1n) is 7.27. The first kappa shape index (κ1) is 12.7. The Bertz CT molecular complexity index is 541. The van der Waals surface area contributed by atoms with Gasteiger partial charge in [0.15, 0.2) is 0 Å². The molecule has 1 N–H and O–H groups in total. The number of aromatic nitrogens is 1. The molecule has 2 aromatic rings. The van der Waals surface area contributed by atoms with E-state index >= 15 is 0 Å². The van der Waals surface area contributed by atoms with Gasteiger partial charge in [0.2, 0.25) is 0 Å². The summed E-state index contributed by atoms with van der Waals surface area (Å²) in [5, 5.41) is 4.70. The highest BCUT2D eigenvalue weighted by molar-refractivity contribution is 5.80. The van der Waals surface area contributed by atoms with Crippen LogP contribution in [0.2, 0.25) is 0 Å². The topological polar surface area (TPSA) is 26.2 Å². The fourth-order valence-corrected chi connectivity index (χ4v) is 2.78. The second-order valence-corrected chi connectivity index (χ2v) is 5.28. The molecule has 0 aliphatic carbocycles. The average Bonchev–Trinajstić information content (AvgIpc) is 3.07. The minimum atomic E-state index is 0.396. The number of benzene rings is 1. The van der Waals surface area contributed by atoms with Crippen molar-refractivity contribution in [2.24, 2.45) is 0 Å². The van der Waals surface area contributed by atoms with Gasteiger partial charge in [-0.1, -0.05) is 19.1 Å². The number of hydrogen-bond donors (Lipinski definition) is 1. The van der Waals surface area contributed by atoms with Gasteiger partial charge in [0.25, 0.3) is 0 Å². The first-order chi connectivity index (χ1) is 9.36. The normalized spacial score (nSPS) is 19.3. The molecule has 0 spiro atoms. The van der Waals surface area contributed by atoms with Crippen LogP contribution in [0.1, 0.15) is 25.3 Å². The molecule has 1 aliphatic rings. The lowest BCUT2D eigenvalue weighted by molar-refractivity contribution is 0.0980. The zero-order valence-corrected chi connectivity index (χ0v) is 11.6. The number of nitrogens with one attached hydrogen (secondary N) is 1. The van der Waals surface area contributed by atoms with Gasteiger partial charge in [0.05, 0.1) is 6.10 Å². The van der Waals surface area contributed by atoms with Crippen molar-refractivity contribution in [3.8, 4) is 0 Å². The fourth-order valence-electron chi connectivity index (χ4n) is 2.78. The molecule has 102 valence electrons. The molecule has 2 heterocycles. The van der Waals surface area contributed by atoms with Crippen LogP contribution < -0.4 is 5.32 Å². The van der Waals surface area contributed by atoms with E-state index in [0.717, 1.165) is 26.2 Å².